The molecule has 0 radical (unpaired) electrons. The van der Waals surface area contributed by atoms with E-state index in [1.54, 1.807) is 24.7 Å². The number of ether oxygens (including phenoxy) is 1. The molecule has 0 saturated carbocycles. The molecule has 0 aliphatic carbocycles. The van der Waals surface area contributed by atoms with E-state index < -0.39 is 0 Å². The Morgan fingerprint density at radius 2 is 1.86 bits per heavy atom. The Hall–Kier alpha value is -3.26. The summed E-state index contributed by atoms with van der Waals surface area (Å²) in [6, 6.07) is 13.4. The number of fused-ring (bicyclic) bond motifs is 1. The van der Waals surface area contributed by atoms with Gasteiger partial charge < -0.3 is 10.1 Å². The van der Waals surface area contributed by atoms with Gasteiger partial charge in [0.25, 0.3) is 5.91 Å². The molecule has 2 aromatic heterocycles. The summed E-state index contributed by atoms with van der Waals surface area (Å²) in [5, 5.41) is 15.7. The van der Waals surface area contributed by atoms with Crippen molar-refractivity contribution in [1.82, 2.24) is 19.8 Å². The Bertz CT molecular complexity index is 1220. The molecule has 0 atom stereocenters. The molecule has 7 nitrogen and oxygen atoms in total. The van der Waals surface area contributed by atoms with Gasteiger partial charge in [0.15, 0.2) is 11.3 Å². The molecule has 146 valence electrons. The number of carbonyl (C=O) groups is 1. The molecule has 0 fully saturated rings. The Morgan fingerprint density at radius 1 is 1.10 bits per heavy atom. The fraction of sp³-hybridized carbons (Fsp3) is 0.143. The van der Waals surface area contributed by atoms with Crippen LogP contribution in [-0.4, -0.2) is 32.8 Å². The topological polar surface area (TPSA) is 81.4 Å². The first-order valence-electron chi connectivity index (χ1n) is 8.91. The van der Waals surface area contributed by atoms with E-state index >= 15 is 0 Å². The van der Waals surface area contributed by atoms with Crippen LogP contribution in [0.3, 0.4) is 0 Å². The van der Waals surface area contributed by atoms with Crippen molar-refractivity contribution in [3.05, 3.63) is 70.1 Å². The van der Waals surface area contributed by atoms with E-state index in [1.807, 2.05) is 49.4 Å². The van der Waals surface area contributed by atoms with Gasteiger partial charge in [-0.15, -0.1) is 10.2 Å². The highest BCUT2D eigenvalue weighted by Crippen LogP contribution is 2.27. The van der Waals surface area contributed by atoms with E-state index in [0.29, 0.717) is 22.8 Å². The highest BCUT2D eigenvalue weighted by Gasteiger charge is 2.19. The maximum absolute atomic E-state index is 12.9. The first-order valence-corrected chi connectivity index (χ1v) is 9.70. The summed E-state index contributed by atoms with van der Waals surface area (Å²) in [6.45, 7) is 3.74. The minimum absolute atomic E-state index is 0.200. The second-order valence-electron chi connectivity index (χ2n) is 6.59. The average Bonchev–Trinajstić information content (AvgIpc) is 3.14. The van der Waals surface area contributed by atoms with Crippen LogP contribution >= 0.6 is 15.9 Å². The second kappa shape index (κ2) is 7.63. The zero-order valence-corrected chi connectivity index (χ0v) is 17.7. The minimum atomic E-state index is -0.374. The van der Waals surface area contributed by atoms with E-state index in [1.165, 1.54) is 0 Å². The molecule has 0 bridgehead atoms. The van der Waals surface area contributed by atoms with E-state index in [9.17, 15) is 4.79 Å². The lowest BCUT2D eigenvalue weighted by molar-refractivity contribution is 0.101. The number of benzene rings is 2. The lowest BCUT2D eigenvalue weighted by atomic mass is 10.1. The van der Waals surface area contributed by atoms with Gasteiger partial charge in [0.1, 0.15) is 5.75 Å². The number of methoxy groups -OCH3 is 1. The molecular formula is C21H18BrN5O2. The van der Waals surface area contributed by atoms with Crippen molar-refractivity contribution in [2.24, 2.45) is 0 Å². The summed E-state index contributed by atoms with van der Waals surface area (Å²) in [4.78, 5) is 12.9. The van der Waals surface area contributed by atoms with Crippen LogP contribution in [0.4, 0.5) is 5.69 Å². The van der Waals surface area contributed by atoms with Gasteiger partial charge in [-0.1, -0.05) is 34.1 Å². The predicted molar refractivity (Wildman–Crippen MR) is 114 cm³/mol. The fourth-order valence-electron chi connectivity index (χ4n) is 3.10. The van der Waals surface area contributed by atoms with E-state index in [2.05, 4.69) is 36.5 Å². The minimum Gasteiger partial charge on any atom is -0.495 e. The summed E-state index contributed by atoms with van der Waals surface area (Å²) < 4.78 is 7.95. The predicted octanol–water partition coefficient (Wildman–Crippen LogP) is 4.43. The monoisotopic (exact) mass is 451 g/mol. The summed E-state index contributed by atoms with van der Waals surface area (Å²) >= 11 is 3.44. The molecule has 1 N–H and O–H groups in total. The molecule has 0 saturated heterocycles. The van der Waals surface area contributed by atoms with Crippen molar-refractivity contribution >= 4 is 33.2 Å². The molecule has 2 aromatic carbocycles. The molecule has 0 unspecified atom stereocenters. The SMILES string of the molecule is COc1ccc(C)cc1NC(=O)c1nnc2c(-c3ccc(Br)cc3)cnn2c1C. The third-order valence-electron chi connectivity index (χ3n) is 4.62. The zero-order valence-electron chi connectivity index (χ0n) is 16.1. The summed E-state index contributed by atoms with van der Waals surface area (Å²) in [5.74, 6) is 0.203. The largest absolute Gasteiger partial charge is 0.495 e. The standard InChI is InChI=1S/C21H18BrN5O2/c1-12-4-9-18(29-3)17(10-12)24-21(28)19-13(2)27-20(26-25-19)16(11-23-27)14-5-7-15(22)8-6-14/h4-11H,1-3H3,(H,24,28). The summed E-state index contributed by atoms with van der Waals surface area (Å²) in [5.41, 5.74) is 4.79. The number of aryl methyl sites for hydroxylation is 2. The number of nitrogens with one attached hydrogen (secondary N) is 1. The third-order valence-corrected chi connectivity index (χ3v) is 5.15. The van der Waals surface area contributed by atoms with E-state index in [-0.39, 0.29) is 11.6 Å². The number of hydrogen-bond donors (Lipinski definition) is 1. The Balaban J connectivity index is 1.70. The van der Waals surface area contributed by atoms with Gasteiger partial charge in [0.2, 0.25) is 0 Å². The molecule has 8 heteroatoms. The van der Waals surface area contributed by atoms with Gasteiger partial charge in [-0.25, -0.2) is 4.52 Å². The van der Waals surface area contributed by atoms with Gasteiger partial charge in [-0.05, 0) is 49.2 Å². The maximum Gasteiger partial charge on any atom is 0.278 e. The van der Waals surface area contributed by atoms with Crippen LogP contribution in [0, 0.1) is 13.8 Å². The van der Waals surface area contributed by atoms with E-state index in [4.69, 9.17) is 4.74 Å². The van der Waals surface area contributed by atoms with Crippen molar-refractivity contribution in [2.75, 3.05) is 12.4 Å². The van der Waals surface area contributed by atoms with Crippen LogP contribution in [0.1, 0.15) is 21.7 Å². The lowest BCUT2D eigenvalue weighted by Crippen LogP contribution is -2.19. The van der Waals surface area contributed by atoms with Crippen LogP contribution in [0.15, 0.2) is 53.1 Å². The third kappa shape index (κ3) is 3.58. The van der Waals surface area contributed by atoms with Gasteiger partial charge in [0.05, 0.1) is 24.7 Å². The highest BCUT2D eigenvalue weighted by molar-refractivity contribution is 9.10. The smallest absolute Gasteiger partial charge is 0.278 e. The molecule has 0 spiro atoms. The summed E-state index contributed by atoms with van der Waals surface area (Å²) in [6.07, 6.45) is 1.73. The molecule has 4 rings (SSSR count). The lowest BCUT2D eigenvalue weighted by Gasteiger charge is -2.11. The van der Waals surface area contributed by atoms with Crippen LogP contribution in [0.5, 0.6) is 5.75 Å². The molecule has 0 aliphatic heterocycles. The average molecular weight is 452 g/mol. The molecule has 4 aromatic rings. The van der Waals surface area contributed by atoms with Crippen LogP contribution < -0.4 is 10.1 Å². The van der Waals surface area contributed by atoms with Crippen LogP contribution in [0.2, 0.25) is 0 Å². The number of nitrogens with zero attached hydrogens (tertiary/aromatic N) is 4. The quantitative estimate of drug-likeness (QED) is 0.496. The van der Waals surface area contributed by atoms with Crippen molar-refractivity contribution in [3.8, 4) is 16.9 Å². The van der Waals surface area contributed by atoms with Crippen molar-refractivity contribution < 1.29 is 9.53 Å². The normalized spacial score (nSPS) is 10.9. The highest BCUT2D eigenvalue weighted by atomic mass is 79.9. The van der Waals surface area contributed by atoms with Crippen molar-refractivity contribution in [3.63, 3.8) is 0 Å². The van der Waals surface area contributed by atoms with E-state index in [0.717, 1.165) is 21.2 Å². The first-order chi connectivity index (χ1) is 14.0. The Labute approximate surface area is 175 Å². The Morgan fingerprint density at radius 3 is 2.59 bits per heavy atom. The molecule has 29 heavy (non-hydrogen) atoms. The van der Waals surface area contributed by atoms with Crippen LogP contribution in [-0.2, 0) is 0 Å². The maximum atomic E-state index is 12.9. The second-order valence-corrected chi connectivity index (χ2v) is 7.51. The van der Waals surface area contributed by atoms with Gasteiger partial charge in [0, 0.05) is 10.0 Å². The molecular weight excluding hydrogens is 434 g/mol. The first kappa shape index (κ1) is 19.1. The summed E-state index contributed by atoms with van der Waals surface area (Å²) in [7, 11) is 1.56. The number of hydrogen-bond acceptors (Lipinski definition) is 5. The van der Waals surface area contributed by atoms with Gasteiger partial charge in [-0.3, -0.25) is 4.79 Å². The number of aromatic nitrogens is 4. The fourth-order valence-corrected chi connectivity index (χ4v) is 3.36. The van der Waals surface area contributed by atoms with Crippen molar-refractivity contribution in [1.29, 1.82) is 0 Å². The molecule has 0 aliphatic rings. The zero-order chi connectivity index (χ0) is 20.5. The molecule has 1 amide bonds. The number of rotatable bonds is 4. The number of halogens is 1. The number of amides is 1. The number of carbonyl (C=O) groups excluding carboxylic acids is 1. The molecule has 2 heterocycles. The van der Waals surface area contributed by atoms with Crippen LogP contribution in [0.25, 0.3) is 16.8 Å². The van der Waals surface area contributed by atoms with Gasteiger partial charge in [-0.2, -0.15) is 5.10 Å². The van der Waals surface area contributed by atoms with Gasteiger partial charge >= 0.3 is 0 Å². The van der Waals surface area contributed by atoms with Crippen molar-refractivity contribution in [2.45, 2.75) is 13.8 Å². The Kier molecular flexibility index (Phi) is 5.02. The number of anilines is 1.